The lowest BCUT2D eigenvalue weighted by Crippen LogP contribution is -2.48. The van der Waals surface area contributed by atoms with Gasteiger partial charge in [-0.2, -0.15) is 0 Å². The predicted octanol–water partition coefficient (Wildman–Crippen LogP) is 1.66. The molecule has 1 unspecified atom stereocenters. The summed E-state index contributed by atoms with van der Waals surface area (Å²) in [4.78, 5) is 12.0. The number of thioether (sulfide) groups is 1. The molecule has 0 aliphatic carbocycles. The van der Waals surface area contributed by atoms with E-state index in [2.05, 4.69) is 10.2 Å². The average molecular weight is 295 g/mol. The van der Waals surface area contributed by atoms with Crippen LogP contribution in [0.2, 0.25) is 0 Å². The first-order chi connectivity index (χ1) is 9.16. The highest BCUT2D eigenvalue weighted by Crippen LogP contribution is 2.29. The highest BCUT2D eigenvalue weighted by molar-refractivity contribution is 8.01. The van der Waals surface area contributed by atoms with Gasteiger partial charge >= 0.3 is 5.97 Å². The Morgan fingerprint density at radius 3 is 2.79 bits per heavy atom. The molecule has 0 radical (unpaired) electrons. The van der Waals surface area contributed by atoms with Crippen LogP contribution in [-0.2, 0) is 15.1 Å². The van der Waals surface area contributed by atoms with Crippen molar-refractivity contribution in [3.05, 3.63) is 41.4 Å². The van der Waals surface area contributed by atoms with Crippen LogP contribution in [0.1, 0.15) is 5.56 Å². The minimum Gasteiger partial charge on any atom is -0.467 e. The van der Waals surface area contributed by atoms with E-state index in [0.717, 1.165) is 9.90 Å². The molecule has 1 heterocycles. The van der Waals surface area contributed by atoms with Gasteiger partial charge in [0.05, 0.1) is 7.11 Å². The SMILES string of the molecule is COC(=O)C(N)(CSc1nncs1)c1ccccc1. The Labute approximate surface area is 119 Å². The normalized spacial score (nSPS) is 13.8. The van der Waals surface area contributed by atoms with Gasteiger partial charge < -0.3 is 10.5 Å². The number of esters is 1. The fraction of sp³-hybridized carbons (Fsp3) is 0.250. The van der Waals surface area contributed by atoms with Gasteiger partial charge in [0.1, 0.15) is 11.0 Å². The van der Waals surface area contributed by atoms with Crippen molar-refractivity contribution in [1.82, 2.24) is 10.2 Å². The third-order valence-corrected chi connectivity index (χ3v) is 4.66. The van der Waals surface area contributed by atoms with Crippen molar-refractivity contribution in [2.75, 3.05) is 12.9 Å². The maximum atomic E-state index is 12.0. The monoisotopic (exact) mass is 295 g/mol. The van der Waals surface area contributed by atoms with Crippen molar-refractivity contribution in [2.45, 2.75) is 9.88 Å². The molecule has 1 atom stereocenters. The summed E-state index contributed by atoms with van der Waals surface area (Å²) in [5.41, 5.74) is 7.42. The molecule has 0 spiro atoms. The number of rotatable bonds is 5. The largest absolute Gasteiger partial charge is 0.467 e. The first-order valence-corrected chi connectivity index (χ1v) is 7.35. The van der Waals surface area contributed by atoms with Crippen molar-refractivity contribution in [1.29, 1.82) is 0 Å². The van der Waals surface area contributed by atoms with Crippen molar-refractivity contribution >= 4 is 29.1 Å². The van der Waals surface area contributed by atoms with Crippen LogP contribution in [0.4, 0.5) is 0 Å². The van der Waals surface area contributed by atoms with E-state index in [1.54, 1.807) is 5.51 Å². The van der Waals surface area contributed by atoms with Crippen LogP contribution in [0, 0.1) is 0 Å². The van der Waals surface area contributed by atoms with Crippen molar-refractivity contribution in [3.8, 4) is 0 Å². The van der Waals surface area contributed by atoms with E-state index in [-0.39, 0.29) is 0 Å². The molecular formula is C12H13N3O2S2. The van der Waals surface area contributed by atoms with Gasteiger partial charge in [0.15, 0.2) is 4.34 Å². The fourth-order valence-electron chi connectivity index (χ4n) is 1.58. The second kappa shape index (κ2) is 6.14. The Balaban J connectivity index is 2.22. The number of ether oxygens (including phenoxy) is 1. The van der Waals surface area contributed by atoms with Crippen LogP contribution in [0.25, 0.3) is 0 Å². The van der Waals surface area contributed by atoms with Crippen LogP contribution >= 0.6 is 23.1 Å². The summed E-state index contributed by atoms with van der Waals surface area (Å²) in [6.07, 6.45) is 0. The van der Waals surface area contributed by atoms with Gasteiger partial charge in [-0.1, -0.05) is 53.4 Å². The van der Waals surface area contributed by atoms with E-state index in [0.29, 0.717) is 5.75 Å². The lowest BCUT2D eigenvalue weighted by atomic mass is 9.93. The Kier molecular flexibility index (Phi) is 4.52. The number of nitrogens with two attached hydrogens (primary N) is 1. The highest BCUT2D eigenvalue weighted by Gasteiger charge is 2.37. The van der Waals surface area contributed by atoms with E-state index in [9.17, 15) is 4.79 Å². The molecule has 0 bridgehead atoms. The number of hydrogen-bond donors (Lipinski definition) is 1. The molecule has 0 aliphatic rings. The van der Waals surface area contributed by atoms with Crippen LogP contribution in [0.5, 0.6) is 0 Å². The topological polar surface area (TPSA) is 78.1 Å². The van der Waals surface area contributed by atoms with E-state index >= 15 is 0 Å². The molecule has 2 rings (SSSR count). The Bertz CT molecular complexity index is 533. The molecule has 100 valence electrons. The molecule has 2 N–H and O–H groups in total. The van der Waals surface area contributed by atoms with Crippen LogP contribution in [-0.4, -0.2) is 29.0 Å². The lowest BCUT2D eigenvalue weighted by Gasteiger charge is -2.26. The zero-order valence-corrected chi connectivity index (χ0v) is 11.9. The third-order valence-electron chi connectivity index (χ3n) is 2.60. The van der Waals surface area contributed by atoms with Gasteiger partial charge in [0, 0.05) is 5.75 Å². The molecule has 0 amide bonds. The number of carbonyl (C=O) groups is 1. The summed E-state index contributed by atoms with van der Waals surface area (Å²) in [6.45, 7) is 0. The quantitative estimate of drug-likeness (QED) is 0.667. The summed E-state index contributed by atoms with van der Waals surface area (Å²) < 4.78 is 5.60. The molecular weight excluding hydrogens is 282 g/mol. The third kappa shape index (κ3) is 3.12. The predicted molar refractivity (Wildman–Crippen MR) is 75.0 cm³/mol. The number of benzene rings is 1. The molecule has 1 aromatic carbocycles. The second-order valence-corrected chi connectivity index (χ2v) is 5.88. The van der Waals surface area contributed by atoms with E-state index < -0.39 is 11.5 Å². The van der Waals surface area contributed by atoms with Gasteiger partial charge in [0.2, 0.25) is 0 Å². The van der Waals surface area contributed by atoms with Crippen LogP contribution in [0.15, 0.2) is 40.2 Å². The number of carbonyl (C=O) groups excluding carboxylic acids is 1. The average Bonchev–Trinajstić information content (AvgIpc) is 2.98. The molecule has 19 heavy (non-hydrogen) atoms. The minimum atomic E-state index is -1.19. The molecule has 0 saturated heterocycles. The summed E-state index contributed by atoms with van der Waals surface area (Å²) in [5.74, 6) is -0.116. The summed E-state index contributed by atoms with van der Waals surface area (Å²) in [7, 11) is 1.34. The number of nitrogens with zero attached hydrogens (tertiary/aromatic N) is 2. The number of hydrogen-bond acceptors (Lipinski definition) is 7. The Morgan fingerprint density at radius 2 is 2.21 bits per heavy atom. The second-order valence-electron chi connectivity index (χ2n) is 3.82. The smallest absolute Gasteiger partial charge is 0.331 e. The standard InChI is InChI=1S/C12H13N3O2S2/c1-17-10(16)12(13,9-5-3-2-4-6-9)7-18-11-15-14-8-19-11/h2-6,8H,7,13H2,1H3. The molecule has 5 nitrogen and oxygen atoms in total. The van der Waals surface area contributed by atoms with Gasteiger partial charge in [-0.25, -0.2) is 4.79 Å². The van der Waals surface area contributed by atoms with Crippen molar-refractivity contribution < 1.29 is 9.53 Å². The Hall–Kier alpha value is -1.44. The van der Waals surface area contributed by atoms with Gasteiger partial charge in [0.25, 0.3) is 0 Å². The zero-order chi connectivity index (χ0) is 13.7. The number of methoxy groups -OCH3 is 1. The molecule has 0 fully saturated rings. The highest BCUT2D eigenvalue weighted by atomic mass is 32.2. The molecule has 2 aromatic rings. The molecule has 0 aliphatic heterocycles. The van der Waals surface area contributed by atoms with Crippen LogP contribution < -0.4 is 5.73 Å². The maximum absolute atomic E-state index is 12.0. The van der Waals surface area contributed by atoms with Crippen molar-refractivity contribution in [2.24, 2.45) is 5.73 Å². The Morgan fingerprint density at radius 1 is 1.47 bits per heavy atom. The van der Waals surface area contributed by atoms with Gasteiger partial charge in [-0.15, -0.1) is 10.2 Å². The number of aromatic nitrogens is 2. The molecule has 0 saturated carbocycles. The van der Waals surface area contributed by atoms with Gasteiger partial charge in [-0.3, -0.25) is 0 Å². The minimum absolute atomic E-state index is 0.346. The molecule has 1 aromatic heterocycles. The van der Waals surface area contributed by atoms with Gasteiger partial charge in [-0.05, 0) is 5.56 Å². The summed E-state index contributed by atoms with van der Waals surface area (Å²) >= 11 is 2.80. The van der Waals surface area contributed by atoms with E-state index in [4.69, 9.17) is 10.5 Å². The lowest BCUT2D eigenvalue weighted by molar-refractivity contribution is -0.146. The van der Waals surface area contributed by atoms with E-state index in [1.165, 1.54) is 30.2 Å². The first kappa shape index (κ1) is 14.0. The summed E-state index contributed by atoms with van der Waals surface area (Å²) in [6, 6.07) is 9.19. The summed E-state index contributed by atoms with van der Waals surface area (Å²) in [5, 5.41) is 7.67. The van der Waals surface area contributed by atoms with E-state index in [1.807, 2.05) is 30.3 Å². The maximum Gasteiger partial charge on any atom is 0.331 e. The molecule has 7 heteroatoms. The first-order valence-electron chi connectivity index (χ1n) is 5.48. The fourth-order valence-corrected chi connectivity index (χ4v) is 3.18. The van der Waals surface area contributed by atoms with Crippen LogP contribution in [0.3, 0.4) is 0 Å². The zero-order valence-electron chi connectivity index (χ0n) is 10.3. The van der Waals surface area contributed by atoms with Crippen molar-refractivity contribution in [3.63, 3.8) is 0 Å².